The van der Waals surface area contributed by atoms with E-state index in [0.29, 0.717) is 0 Å². The van der Waals surface area contributed by atoms with Gasteiger partial charge in [-0.25, -0.2) is 17.9 Å². The first-order chi connectivity index (χ1) is 15.1. The van der Waals surface area contributed by atoms with E-state index in [1.807, 2.05) is 0 Å². The van der Waals surface area contributed by atoms with E-state index < -0.39 is 58.8 Å². The van der Waals surface area contributed by atoms with Gasteiger partial charge >= 0.3 is 11.9 Å². The summed E-state index contributed by atoms with van der Waals surface area (Å²) in [6, 6.07) is 0.731. The largest absolute Gasteiger partial charge is 0.463 e. The Balaban J connectivity index is 2.01. The topological polar surface area (TPSA) is 102 Å². The van der Waals surface area contributed by atoms with Gasteiger partial charge in [-0.3, -0.25) is 9.59 Å². The fourth-order valence-corrected chi connectivity index (χ4v) is 4.17. The summed E-state index contributed by atoms with van der Waals surface area (Å²) in [6.07, 6.45) is -1.34. The quantitative estimate of drug-likeness (QED) is 0.324. The molecule has 1 aliphatic rings. The Hall–Kier alpha value is -2.51. The van der Waals surface area contributed by atoms with Crippen LogP contribution in [-0.2, 0) is 28.5 Å². The van der Waals surface area contributed by atoms with Gasteiger partial charge < -0.3 is 18.9 Å². The number of rotatable bonds is 6. The van der Waals surface area contributed by atoms with Crippen LogP contribution >= 0.6 is 15.9 Å². The SMILES string of the molecule is CO[C@H]1C(Br)O[C@H](COC(C)=O)[C@H](OC(C)=O)[C@@H]1n1cc(-c2cc(F)c(F)c(F)c2)nn1. The molecule has 1 aromatic heterocycles. The highest BCUT2D eigenvalue weighted by atomic mass is 79.9. The second kappa shape index (κ2) is 9.96. The van der Waals surface area contributed by atoms with E-state index >= 15 is 0 Å². The molecule has 0 aliphatic carbocycles. The van der Waals surface area contributed by atoms with Crippen LogP contribution in [0.3, 0.4) is 0 Å². The highest BCUT2D eigenvalue weighted by Crippen LogP contribution is 2.37. The normalized spacial score (nSPS) is 25.4. The van der Waals surface area contributed by atoms with Crippen molar-refractivity contribution in [1.29, 1.82) is 0 Å². The Morgan fingerprint density at radius 3 is 2.38 bits per heavy atom. The Kier molecular flexibility index (Phi) is 7.51. The zero-order valence-electron chi connectivity index (χ0n) is 17.1. The molecule has 32 heavy (non-hydrogen) atoms. The Morgan fingerprint density at radius 2 is 1.81 bits per heavy atom. The first-order valence-corrected chi connectivity index (χ1v) is 10.2. The van der Waals surface area contributed by atoms with Gasteiger partial charge in [-0.1, -0.05) is 21.1 Å². The van der Waals surface area contributed by atoms with Crippen LogP contribution in [0.4, 0.5) is 13.2 Å². The minimum absolute atomic E-state index is 0.0355. The van der Waals surface area contributed by atoms with Crippen molar-refractivity contribution in [2.45, 2.75) is 43.2 Å². The number of carbonyl (C=O) groups is 2. The predicted molar refractivity (Wildman–Crippen MR) is 105 cm³/mol. The number of hydrogen-bond acceptors (Lipinski definition) is 8. The number of halogens is 4. The van der Waals surface area contributed by atoms with Crippen LogP contribution in [0.15, 0.2) is 18.3 Å². The summed E-state index contributed by atoms with van der Waals surface area (Å²) in [4.78, 5) is 23.1. The molecule has 174 valence electrons. The number of methoxy groups -OCH3 is 1. The maximum atomic E-state index is 13.7. The number of aromatic nitrogens is 3. The van der Waals surface area contributed by atoms with E-state index in [1.54, 1.807) is 0 Å². The Bertz CT molecular complexity index is 983. The van der Waals surface area contributed by atoms with Gasteiger partial charge in [0.25, 0.3) is 0 Å². The van der Waals surface area contributed by atoms with Crippen LogP contribution in [0, 0.1) is 17.5 Å². The summed E-state index contributed by atoms with van der Waals surface area (Å²) in [5, 5.41) is 7.17. The van der Waals surface area contributed by atoms with Gasteiger partial charge in [0.2, 0.25) is 0 Å². The third kappa shape index (κ3) is 5.10. The van der Waals surface area contributed by atoms with Gasteiger partial charge in [-0.2, -0.15) is 0 Å². The summed E-state index contributed by atoms with van der Waals surface area (Å²) < 4.78 is 63.6. The van der Waals surface area contributed by atoms with Crippen molar-refractivity contribution in [2.75, 3.05) is 13.7 Å². The standard InChI is InChI=1S/C19H19BrF3N3O6/c1-8(27)30-7-14-17(31-9(2)28)16(18(29-3)19(20)32-14)26-6-13(24-25-26)10-4-11(21)15(23)12(22)5-10/h4-6,14,16-19H,7H2,1-3H3/t14-,16+,17+,18-,19?/m1/s1. The molecule has 1 aromatic carbocycles. The van der Waals surface area contributed by atoms with Gasteiger partial charge in [0.15, 0.2) is 23.6 Å². The maximum absolute atomic E-state index is 13.7. The Labute approximate surface area is 188 Å². The van der Waals surface area contributed by atoms with E-state index in [1.165, 1.54) is 31.8 Å². The molecule has 1 aliphatic heterocycles. The average Bonchev–Trinajstić information content (AvgIpc) is 3.20. The minimum atomic E-state index is -1.60. The van der Waals surface area contributed by atoms with Gasteiger partial charge in [-0.15, -0.1) is 5.10 Å². The Morgan fingerprint density at radius 1 is 1.16 bits per heavy atom. The molecule has 13 heteroatoms. The fraction of sp³-hybridized carbons (Fsp3) is 0.474. The molecule has 0 N–H and O–H groups in total. The van der Waals surface area contributed by atoms with E-state index in [2.05, 4.69) is 26.2 Å². The summed E-state index contributed by atoms with van der Waals surface area (Å²) in [6.45, 7) is 2.19. The second-order valence-electron chi connectivity index (χ2n) is 6.93. The zero-order valence-corrected chi connectivity index (χ0v) is 18.7. The van der Waals surface area contributed by atoms with Gasteiger partial charge in [-0.05, 0) is 12.1 Å². The minimum Gasteiger partial charge on any atom is -0.463 e. The average molecular weight is 522 g/mol. The third-order valence-corrected chi connectivity index (χ3v) is 5.46. The fourth-order valence-electron chi connectivity index (χ4n) is 3.36. The van der Waals surface area contributed by atoms with Crippen molar-refractivity contribution in [1.82, 2.24) is 15.0 Å². The van der Waals surface area contributed by atoms with E-state index in [-0.39, 0.29) is 17.9 Å². The number of esters is 2. The van der Waals surface area contributed by atoms with Crippen molar-refractivity contribution < 1.29 is 41.7 Å². The number of alkyl halides is 1. The van der Waals surface area contributed by atoms with E-state index in [0.717, 1.165) is 12.1 Å². The van der Waals surface area contributed by atoms with Crippen molar-refractivity contribution in [3.63, 3.8) is 0 Å². The molecular weight excluding hydrogens is 503 g/mol. The summed E-state index contributed by atoms with van der Waals surface area (Å²) >= 11 is 3.34. The molecule has 9 nitrogen and oxygen atoms in total. The lowest BCUT2D eigenvalue weighted by molar-refractivity contribution is -0.207. The molecule has 1 unspecified atom stereocenters. The number of carbonyl (C=O) groups excluding carboxylic acids is 2. The van der Waals surface area contributed by atoms with Crippen molar-refractivity contribution in [2.24, 2.45) is 0 Å². The molecule has 2 heterocycles. The smallest absolute Gasteiger partial charge is 0.303 e. The van der Waals surface area contributed by atoms with Crippen molar-refractivity contribution in [3.05, 3.63) is 35.8 Å². The number of nitrogens with zero attached hydrogens (tertiary/aromatic N) is 3. The summed E-state index contributed by atoms with van der Waals surface area (Å²) in [7, 11) is 1.40. The molecule has 0 bridgehead atoms. The molecule has 0 radical (unpaired) electrons. The molecule has 1 fully saturated rings. The molecule has 2 aromatic rings. The highest BCUT2D eigenvalue weighted by molar-refractivity contribution is 9.09. The summed E-state index contributed by atoms with van der Waals surface area (Å²) in [5.41, 5.74) is -0.0158. The van der Waals surface area contributed by atoms with Crippen LogP contribution in [0.1, 0.15) is 19.9 Å². The molecule has 3 rings (SSSR count). The van der Waals surface area contributed by atoms with Crippen LogP contribution in [0.25, 0.3) is 11.3 Å². The molecule has 5 atom stereocenters. The predicted octanol–water partition coefficient (Wildman–Crippen LogP) is 2.53. The lowest BCUT2D eigenvalue weighted by atomic mass is 9.97. The monoisotopic (exact) mass is 521 g/mol. The molecule has 0 saturated carbocycles. The lowest BCUT2D eigenvalue weighted by Gasteiger charge is -2.43. The zero-order chi connectivity index (χ0) is 23.6. The number of ether oxygens (including phenoxy) is 4. The first-order valence-electron chi connectivity index (χ1n) is 9.32. The molecule has 1 saturated heterocycles. The van der Waals surface area contributed by atoms with Gasteiger partial charge in [0, 0.05) is 26.5 Å². The van der Waals surface area contributed by atoms with Crippen LogP contribution < -0.4 is 0 Å². The van der Waals surface area contributed by atoms with Crippen molar-refractivity contribution >= 4 is 27.9 Å². The van der Waals surface area contributed by atoms with E-state index in [4.69, 9.17) is 18.9 Å². The second-order valence-corrected chi connectivity index (χ2v) is 7.83. The molecule has 0 amide bonds. The maximum Gasteiger partial charge on any atom is 0.303 e. The van der Waals surface area contributed by atoms with E-state index in [9.17, 15) is 22.8 Å². The van der Waals surface area contributed by atoms with Crippen molar-refractivity contribution in [3.8, 4) is 11.3 Å². The number of hydrogen-bond donors (Lipinski definition) is 0. The van der Waals surface area contributed by atoms with Gasteiger partial charge in [0.1, 0.15) is 35.6 Å². The van der Waals surface area contributed by atoms with Crippen LogP contribution in [0.2, 0.25) is 0 Å². The lowest BCUT2D eigenvalue weighted by Crippen LogP contribution is -2.56. The first kappa shape index (κ1) is 24.1. The highest BCUT2D eigenvalue weighted by Gasteiger charge is 2.49. The van der Waals surface area contributed by atoms with Crippen LogP contribution in [-0.4, -0.2) is 64.0 Å². The number of benzene rings is 1. The third-order valence-electron chi connectivity index (χ3n) is 4.72. The van der Waals surface area contributed by atoms with Crippen LogP contribution in [0.5, 0.6) is 0 Å². The van der Waals surface area contributed by atoms with Gasteiger partial charge in [0.05, 0.1) is 6.20 Å². The molecular formula is C19H19BrF3N3O6. The molecule has 0 spiro atoms. The summed E-state index contributed by atoms with van der Waals surface area (Å²) in [5.74, 6) is -5.56.